The molecule has 1 aromatic heterocycles. The van der Waals surface area contributed by atoms with Crippen LogP contribution in [0, 0.1) is 5.82 Å². The Hall–Kier alpha value is -1.26. The van der Waals surface area contributed by atoms with Crippen LogP contribution in [0.1, 0.15) is 39.4 Å². The highest BCUT2D eigenvalue weighted by Crippen LogP contribution is 2.36. The summed E-state index contributed by atoms with van der Waals surface area (Å²) >= 11 is 12.0. The molecule has 0 amide bonds. The molecule has 3 nitrogen and oxygen atoms in total. The first-order valence-electron chi connectivity index (χ1n) is 6.71. The predicted octanol–water partition coefficient (Wildman–Crippen LogP) is 4.95. The Balaban J connectivity index is 2.67. The fraction of sp³-hybridized carbons (Fsp3) is 0.400. The molecule has 0 bridgehead atoms. The molecular weight excluding hydrogens is 316 g/mol. The van der Waals surface area contributed by atoms with Crippen LogP contribution in [0.15, 0.2) is 27.4 Å². The number of nitrogens with zero attached hydrogens (tertiary/aromatic N) is 1. The van der Waals surface area contributed by atoms with Crippen molar-refractivity contribution in [1.82, 2.24) is 4.57 Å². The molecule has 1 heterocycles. The molecule has 0 saturated heterocycles. The lowest BCUT2D eigenvalue weighted by Crippen LogP contribution is -2.19. The molecule has 2 rings (SSSR count). The summed E-state index contributed by atoms with van der Waals surface area (Å²) in [5.74, 6) is -0.952. The summed E-state index contributed by atoms with van der Waals surface area (Å²) in [6.07, 6.45) is 1.50. The van der Waals surface area contributed by atoms with Gasteiger partial charge in [-0.1, -0.05) is 44.0 Å². The van der Waals surface area contributed by atoms with E-state index in [1.54, 1.807) is 0 Å². The van der Waals surface area contributed by atoms with E-state index in [4.69, 9.17) is 27.6 Å². The Labute approximate surface area is 132 Å². The summed E-state index contributed by atoms with van der Waals surface area (Å²) < 4.78 is 20.4. The van der Waals surface area contributed by atoms with Crippen molar-refractivity contribution in [3.63, 3.8) is 0 Å². The lowest BCUT2D eigenvalue weighted by molar-refractivity contribution is 0.327. The first-order valence-corrected chi connectivity index (χ1v) is 7.47. The highest BCUT2D eigenvalue weighted by Gasteiger charge is 2.32. The second kappa shape index (κ2) is 5.85. The van der Waals surface area contributed by atoms with Gasteiger partial charge in [0.25, 0.3) is 0 Å². The quantitative estimate of drug-likeness (QED) is 0.794. The van der Waals surface area contributed by atoms with Crippen molar-refractivity contribution in [3.8, 4) is 5.69 Å². The molecule has 0 radical (unpaired) electrons. The number of aromatic nitrogens is 1. The summed E-state index contributed by atoms with van der Waals surface area (Å²) in [5, 5.41) is 0.350. The van der Waals surface area contributed by atoms with Crippen molar-refractivity contribution in [1.29, 1.82) is 0 Å². The molecule has 2 aromatic rings. The average Bonchev–Trinajstić information content (AvgIpc) is 2.74. The molecule has 0 aliphatic carbocycles. The Kier molecular flexibility index (Phi) is 4.49. The Morgan fingerprint density at radius 2 is 1.90 bits per heavy atom. The second-order valence-corrected chi connectivity index (χ2v) is 5.98. The fourth-order valence-corrected chi connectivity index (χ4v) is 2.75. The number of benzene rings is 1. The van der Waals surface area contributed by atoms with Crippen LogP contribution in [-0.2, 0) is 5.41 Å². The van der Waals surface area contributed by atoms with Gasteiger partial charge in [0.1, 0.15) is 5.82 Å². The van der Waals surface area contributed by atoms with Crippen LogP contribution in [0.4, 0.5) is 4.39 Å². The lowest BCUT2D eigenvalue weighted by atomic mass is 9.82. The third kappa shape index (κ3) is 2.74. The fourth-order valence-electron chi connectivity index (χ4n) is 2.17. The molecule has 0 aliphatic rings. The van der Waals surface area contributed by atoms with E-state index in [-0.39, 0.29) is 21.3 Å². The zero-order valence-electron chi connectivity index (χ0n) is 12.0. The molecular formula is C15H16Cl2FNO2. The van der Waals surface area contributed by atoms with Crippen LogP contribution in [0.3, 0.4) is 0 Å². The SMILES string of the molecule is CCC(C)(CC)c1oc(=O)n(-c2ccc(Cl)cc2F)c1Cl. The topological polar surface area (TPSA) is 35.1 Å². The minimum absolute atomic E-state index is 0.0268. The molecule has 6 heteroatoms. The van der Waals surface area contributed by atoms with Crippen LogP contribution < -0.4 is 5.76 Å². The van der Waals surface area contributed by atoms with Crippen LogP contribution in [0.25, 0.3) is 5.69 Å². The third-order valence-electron chi connectivity index (χ3n) is 4.02. The summed E-state index contributed by atoms with van der Waals surface area (Å²) in [6.45, 7) is 5.93. The maximum atomic E-state index is 14.0. The summed E-state index contributed by atoms with van der Waals surface area (Å²) in [4.78, 5) is 12.1. The number of rotatable bonds is 4. The summed E-state index contributed by atoms with van der Waals surface area (Å²) in [5.41, 5.74) is -0.344. The maximum Gasteiger partial charge on any atom is 0.425 e. The third-order valence-corrected chi connectivity index (χ3v) is 4.59. The molecule has 0 atom stereocenters. The highest BCUT2D eigenvalue weighted by molar-refractivity contribution is 6.31. The van der Waals surface area contributed by atoms with Gasteiger partial charge in [0.2, 0.25) is 0 Å². The molecule has 0 saturated carbocycles. The van der Waals surface area contributed by atoms with E-state index in [0.29, 0.717) is 5.76 Å². The minimum atomic E-state index is -0.704. The highest BCUT2D eigenvalue weighted by atomic mass is 35.5. The molecule has 114 valence electrons. The average molecular weight is 332 g/mol. The van der Waals surface area contributed by atoms with Gasteiger partial charge in [0.15, 0.2) is 10.9 Å². The van der Waals surface area contributed by atoms with E-state index in [1.165, 1.54) is 12.1 Å². The molecule has 21 heavy (non-hydrogen) atoms. The molecule has 0 spiro atoms. The monoisotopic (exact) mass is 331 g/mol. The zero-order chi connectivity index (χ0) is 15.8. The number of hydrogen-bond donors (Lipinski definition) is 0. The molecule has 0 N–H and O–H groups in total. The van der Waals surface area contributed by atoms with Gasteiger partial charge in [-0.05, 0) is 31.0 Å². The van der Waals surface area contributed by atoms with Crippen LogP contribution in [-0.4, -0.2) is 4.57 Å². The standard InChI is InChI=1S/C15H16Cl2FNO2/c1-4-15(3,5-2)12-13(17)19(14(20)21-12)11-7-6-9(16)8-10(11)18/h6-8H,4-5H2,1-3H3. The van der Waals surface area contributed by atoms with Crippen molar-refractivity contribution in [2.45, 2.75) is 39.0 Å². The molecule has 1 aromatic carbocycles. The van der Waals surface area contributed by atoms with Crippen LogP contribution in [0.5, 0.6) is 0 Å². The summed E-state index contributed by atoms with van der Waals surface area (Å²) in [6, 6.07) is 4.03. The first-order chi connectivity index (χ1) is 9.84. The lowest BCUT2D eigenvalue weighted by Gasteiger charge is -2.23. The normalized spacial score (nSPS) is 11.9. The van der Waals surface area contributed by atoms with E-state index in [9.17, 15) is 9.18 Å². The number of hydrogen-bond acceptors (Lipinski definition) is 2. The zero-order valence-corrected chi connectivity index (χ0v) is 13.6. The number of halogens is 3. The van der Waals surface area contributed by atoms with Gasteiger partial charge in [0.05, 0.1) is 5.69 Å². The van der Waals surface area contributed by atoms with Crippen molar-refractivity contribution < 1.29 is 8.81 Å². The largest absolute Gasteiger partial charge is 0.425 e. The van der Waals surface area contributed by atoms with Crippen molar-refractivity contribution >= 4 is 23.2 Å². The van der Waals surface area contributed by atoms with Gasteiger partial charge in [-0.2, -0.15) is 0 Å². The van der Waals surface area contributed by atoms with E-state index >= 15 is 0 Å². The Bertz CT molecular complexity index is 717. The molecule has 0 fully saturated rings. The molecule has 0 unspecified atom stereocenters. The van der Waals surface area contributed by atoms with Crippen LogP contribution in [0.2, 0.25) is 10.2 Å². The van der Waals surface area contributed by atoms with Crippen LogP contribution >= 0.6 is 23.2 Å². The summed E-state index contributed by atoms with van der Waals surface area (Å²) in [7, 11) is 0. The smallest absolute Gasteiger partial charge is 0.410 e. The Morgan fingerprint density at radius 3 is 2.43 bits per heavy atom. The van der Waals surface area contributed by atoms with E-state index < -0.39 is 11.6 Å². The van der Waals surface area contributed by atoms with Gasteiger partial charge < -0.3 is 4.42 Å². The number of oxazole rings is 1. The maximum absolute atomic E-state index is 14.0. The van der Waals surface area contributed by atoms with Gasteiger partial charge in [0, 0.05) is 10.4 Å². The van der Waals surface area contributed by atoms with Gasteiger partial charge in [-0.25, -0.2) is 13.8 Å². The Morgan fingerprint density at radius 1 is 1.29 bits per heavy atom. The van der Waals surface area contributed by atoms with Gasteiger partial charge in [-0.15, -0.1) is 0 Å². The van der Waals surface area contributed by atoms with Gasteiger partial charge in [-0.3, -0.25) is 0 Å². The molecule has 0 aliphatic heterocycles. The van der Waals surface area contributed by atoms with E-state index in [2.05, 4.69) is 0 Å². The van der Waals surface area contributed by atoms with Crippen molar-refractivity contribution in [2.75, 3.05) is 0 Å². The van der Waals surface area contributed by atoms with Crippen molar-refractivity contribution in [3.05, 3.63) is 50.5 Å². The first kappa shape index (κ1) is 16.1. The van der Waals surface area contributed by atoms with Gasteiger partial charge >= 0.3 is 5.76 Å². The van der Waals surface area contributed by atoms with Crippen molar-refractivity contribution in [2.24, 2.45) is 0 Å². The van der Waals surface area contributed by atoms with E-state index in [1.807, 2.05) is 20.8 Å². The predicted molar refractivity (Wildman–Crippen MR) is 82.2 cm³/mol. The minimum Gasteiger partial charge on any atom is -0.410 e. The van der Waals surface area contributed by atoms with E-state index in [0.717, 1.165) is 23.5 Å². The second-order valence-electron chi connectivity index (χ2n) is 5.19.